The predicted molar refractivity (Wildman–Crippen MR) is 141 cm³/mol. The van der Waals surface area contributed by atoms with E-state index in [1.807, 2.05) is 0 Å². The molecule has 2 fully saturated rings. The van der Waals surface area contributed by atoms with E-state index in [0.717, 1.165) is 30.9 Å². The van der Waals surface area contributed by atoms with Crippen molar-refractivity contribution in [2.45, 2.75) is 79.1 Å². The van der Waals surface area contributed by atoms with Crippen LogP contribution in [0, 0.1) is 36.0 Å². The van der Waals surface area contributed by atoms with Gasteiger partial charge in [-0.3, -0.25) is 0 Å². The van der Waals surface area contributed by atoms with Gasteiger partial charge in [0.2, 0.25) is 0 Å². The molecule has 32 heavy (non-hydrogen) atoms. The molecule has 0 amide bonds. The molecule has 0 bridgehead atoms. The highest BCUT2D eigenvalue weighted by atomic mass is 14.7. The van der Waals surface area contributed by atoms with Crippen LogP contribution in [0.25, 0.3) is 5.57 Å². The fourth-order valence-electron chi connectivity index (χ4n) is 6.20. The summed E-state index contributed by atoms with van der Waals surface area (Å²) in [6.45, 7) is 13.6. The summed E-state index contributed by atoms with van der Waals surface area (Å²) in [4.78, 5) is 4.29. The van der Waals surface area contributed by atoms with Crippen molar-refractivity contribution in [1.82, 2.24) is 0 Å². The molecule has 0 aromatic heterocycles. The SMILES string of the molecule is C#Cc1ccc(/C(CC)=C(/C=C/CC2(/C=C/C)CC(CCC)(CN=C)C2)C2CC2)c(C)c1. The number of hydrogen-bond acceptors (Lipinski definition) is 1. The van der Waals surface area contributed by atoms with E-state index in [-0.39, 0.29) is 5.41 Å². The molecule has 170 valence electrons. The Morgan fingerprint density at radius 1 is 1.28 bits per heavy atom. The molecule has 0 spiro atoms. The lowest BCUT2D eigenvalue weighted by Gasteiger charge is -2.55. The fourth-order valence-corrected chi connectivity index (χ4v) is 6.20. The normalized spacial score (nSPS) is 26.1. The number of aryl methyl sites for hydroxylation is 1. The van der Waals surface area contributed by atoms with Gasteiger partial charge in [0.25, 0.3) is 0 Å². The van der Waals surface area contributed by atoms with E-state index < -0.39 is 0 Å². The molecule has 1 nitrogen and oxygen atoms in total. The maximum Gasteiger partial charge on any atom is 0.0439 e. The van der Waals surface area contributed by atoms with E-state index in [1.165, 1.54) is 55.2 Å². The van der Waals surface area contributed by atoms with Crippen molar-refractivity contribution in [3.05, 3.63) is 64.8 Å². The predicted octanol–water partition coefficient (Wildman–Crippen LogP) is 8.34. The zero-order valence-electron chi connectivity index (χ0n) is 20.7. The summed E-state index contributed by atoms with van der Waals surface area (Å²) in [5.74, 6) is 3.49. The first-order chi connectivity index (χ1) is 15.4. The monoisotopic (exact) mass is 427 g/mol. The number of rotatable bonds is 11. The van der Waals surface area contributed by atoms with Crippen molar-refractivity contribution in [3.63, 3.8) is 0 Å². The number of terminal acetylenes is 1. The van der Waals surface area contributed by atoms with Crippen LogP contribution in [0.3, 0.4) is 0 Å². The Kier molecular flexibility index (Phi) is 8.00. The van der Waals surface area contributed by atoms with Crippen LogP contribution in [-0.4, -0.2) is 13.3 Å². The molecule has 1 aromatic rings. The number of nitrogens with zero attached hydrogens (tertiary/aromatic N) is 1. The molecule has 0 radical (unpaired) electrons. The van der Waals surface area contributed by atoms with Crippen molar-refractivity contribution in [2.75, 3.05) is 6.54 Å². The second-order valence-corrected chi connectivity index (χ2v) is 10.2. The molecule has 0 heterocycles. The van der Waals surface area contributed by atoms with Gasteiger partial charge in [0.15, 0.2) is 0 Å². The summed E-state index contributed by atoms with van der Waals surface area (Å²) in [7, 11) is 0. The summed E-state index contributed by atoms with van der Waals surface area (Å²) in [5, 5.41) is 0. The number of hydrogen-bond donors (Lipinski definition) is 0. The van der Waals surface area contributed by atoms with Crippen LogP contribution < -0.4 is 0 Å². The molecule has 0 saturated heterocycles. The van der Waals surface area contributed by atoms with Gasteiger partial charge in [-0.15, -0.1) is 6.42 Å². The second-order valence-electron chi connectivity index (χ2n) is 10.2. The average Bonchev–Trinajstić information content (AvgIpc) is 3.58. The van der Waals surface area contributed by atoms with Crippen LogP contribution in [-0.2, 0) is 0 Å². The van der Waals surface area contributed by atoms with Gasteiger partial charge in [-0.25, -0.2) is 0 Å². The quantitative estimate of drug-likeness (QED) is 0.146. The van der Waals surface area contributed by atoms with Crippen LogP contribution in [0.5, 0.6) is 0 Å². The smallest absolute Gasteiger partial charge is 0.0439 e. The zero-order chi connectivity index (χ0) is 23.2. The van der Waals surface area contributed by atoms with E-state index in [4.69, 9.17) is 6.42 Å². The van der Waals surface area contributed by atoms with Crippen LogP contribution in [0.15, 0.2) is 53.1 Å². The van der Waals surface area contributed by atoms with Crippen molar-refractivity contribution >= 4 is 12.3 Å². The standard InChI is InChI=1S/C31H41N/c1-7-17-30(21-31(22-30,18-8-2)23-32-6)19-11-12-29(26-14-15-26)27(10-4)28-16-13-25(9-3)20-24(28)5/h3,7,11-13,16-17,20,26H,6,8,10,14-15,18-19,21-23H2,1-2,4-5H3/b12-11+,17-7+,29-27-. The topological polar surface area (TPSA) is 12.4 Å². The Labute approximate surface area is 196 Å². The zero-order valence-corrected chi connectivity index (χ0v) is 20.7. The van der Waals surface area contributed by atoms with Gasteiger partial charge in [0.1, 0.15) is 0 Å². The van der Waals surface area contributed by atoms with Crippen molar-refractivity contribution in [3.8, 4) is 12.3 Å². The maximum absolute atomic E-state index is 5.61. The van der Waals surface area contributed by atoms with E-state index >= 15 is 0 Å². The minimum Gasteiger partial charge on any atom is -0.300 e. The lowest BCUT2D eigenvalue weighted by atomic mass is 9.50. The summed E-state index contributed by atoms with van der Waals surface area (Å²) in [6, 6.07) is 6.46. The Morgan fingerprint density at radius 3 is 2.56 bits per heavy atom. The first kappa shape index (κ1) is 24.3. The maximum atomic E-state index is 5.61. The summed E-state index contributed by atoms with van der Waals surface area (Å²) < 4.78 is 0. The highest BCUT2D eigenvalue weighted by molar-refractivity contribution is 5.74. The Hall–Kier alpha value is -2.33. The van der Waals surface area contributed by atoms with Gasteiger partial charge < -0.3 is 4.99 Å². The van der Waals surface area contributed by atoms with Crippen LogP contribution in [0.4, 0.5) is 0 Å². The van der Waals surface area contributed by atoms with Crippen LogP contribution >= 0.6 is 0 Å². The van der Waals surface area contributed by atoms with E-state index in [9.17, 15) is 0 Å². The molecule has 0 unspecified atom stereocenters. The third-order valence-corrected chi connectivity index (χ3v) is 7.46. The molecular formula is C31H41N. The van der Waals surface area contributed by atoms with Gasteiger partial charge in [-0.05, 0) is 117 Å². The lowest BCUT2D eigenvalue weighted by molar-refractivity contribution is -0.00190. The molecule has 2 saturated carbocycles. The highest BCUT2D eigenvalue weighted by Gasteiger charge is 2.51. The molecular weight excluding hydrogens is 386 g/mol. The number of benzene rings is 1. The number of allylic oxidation sites excluding steroid dienone is 6. The van der Waals surface area contributed by atoms with Gasteiger partial charge in [-0.2, -0.15) is 0 Å². The molecule has 2 aliphatic carbocycles. The first-order valence-electron chi connectivity index (χ1n) is 12.5. The lowest BCUT2D eigenvalue weighted by Crippen LogP contribution is -2.47. The highest BCUT2D eigenvalue weighted by Crippen LogP contribution is 2.60. The van der Waals surface area contributed by atoms with Gasteiger partial charge in [0.05, 0.1) is 0 Å². The number of aliphatic imine (C=N–C) groups is 1. The fraction of sp³-hybridized carbons (Fsp3) is 0.516. The molecule has 0 atom stereocenters. The minimum absolute atomic E-state index is 0.288. The Morgan fingerprint density at radius 2 is 2.03 bits per heavy atom. The minimum atomic E-state index is 0.288. The van der Waals surface area contributed by atoms with E-state index in [0.29, 0.717) is 5.41 Å². The third-order valence-electron chi connectivity index (χ3n) is 7.46. The summed E-state index contributed by atoms with van der Waals surface area (Å²) in [6.07, 6.45) is 25.0. The van der Waals surface area contributed by atoms with E-state index in [1.54, 1.807) is 5.57 Å². The Bertz CT molecular complexity index is 939. The van der Waals surface area contributed by atoms with Crippen LogP contribution in [0.1, 0.15) is 88.8 Å². The Balaban J connectivity index is 1.85. The summed E-state index contributed by atoms with van der Waals surface area (Å²) in [5.41, 5.74) is 7.31. The van der Waals surface area contributed by atoms with Crippen molar-refractivity contribution in [1.29, 1.82) is 0 Å². The van der Waals surface area contributed by atoms with Crippen molar-refractivity contribution in [2.24, 2.45) is 21.7 Å². The molecule has 0 aliphatic heterocycles. The first-order valence-corrected chi connectivity index (χ1v) is 12.5. The van der Waals surface area contributed by atoms with Gasteiger partial charge in [0, 0.05) is 12.1 Å². The van der Waals surface area contributed by atoms with Gasteiger partial charge >= 0.3 is 0 Å². The average molecular weight is 428 g/mol. The van der Waals surface area contributed by atoms with Gasteiger partial charge in [-0.1, -0.05) is 56.6 Å². The summed E-state index contributed by atoms with van der Waals surface area (Å²) >= 11 is 0. The van der Waals surface area contributed by atoms with Crippen LogP contribution in [0.2, 0.25) is 0 Å². The molecule has 1 heteroatoms. The third kappa shape index (κ3) is 5.35. The molecule has 0 N–H and O–H groups in total. The largest absolute Gasteiger partial charge is 0.300 e. The van der Waals surface area contributed by atoms with E-state index in [2.05, 4.69) is 87.8 Å². The molecule has 3 rings (SSSR count). The molecule has 1 aromatic carbocycles. The molecule has 2 aliphatic rings. The second kappa shape index (κ2) is 10.5. The van der Waals surface area contributed by atoms with Crippen molar-refractivity contribution < 1.29 is 0 Å².